The maximum absolute atomic E-state index is 12.2. The van der Waals surface area contributed by atoms with E-state index in [4.69, 9.17) is 9.15 Å². The average Bonchev–Trinajstić information content (AvgIpc) is 3.15. The third-order valence-electron chi connectivity index (χ3n) is 3.35. The zero-order valence-corrected chi connectivity index (χ0v) is 12.3. The van der Waals surface area contributed by atoms with Crippen molar-refractivity contribution >= 4 is 16.9 Å². The average molecular weight is 299 g/mol. The van der Waals surface area contributed by atoms with Crippen LogP contribution < -0.4 is 5.32 Å². The van der Waals surface area contributed by atoms with E-state index in [1.54, 1.807) is 19.4 Å². The number of hydrogen-bond acceptors (Lipinski definition) is 4. The van der Waals surface area contributed by atoms with Gasteiger partial charge in [-0.2, -0.15) is 0 Å². The Morgan fingerprint density at radius 1 is 1.32 bits per heavy atom. The number of hydrogen-bond donors (Lipinski definition) is 1. The van der Waals surface area contributed by atoms with Gasteiger partial charge in [-0.1, -0.05) is 12.1 Å². The van der Waals surface area contributed by atoms with Crippen molar-refractivity contribution in [2.24, 2.45) is 0 Å². The molecule has 2 heterocycles. The highest BCUT2D eigenvalue weighted by atomic mass is 16.5. The van der Waals surface area contributed by atoms with Crippen molar-refractivity contribution in [1.82, 2.24) is 14.9 Å². The quantitative estimate of drug-likeness (QED) is 0.756. The minimum Gasteiger partial charge on any atom is -0.467 e. The van der Waals surface area contributed by atoms with E-state index in [0.717, 1.165) is 22.6 Å². The van der Waals surface area contributed by atoms with Crippen LogP contribution in [0.5, 0.6) is 0 Å². The number of benzene rings is 1. The number of furan rings is 1. The van der Waals surface area contributed by atoms with Crippen LogP contribution >= 0.6 is 0 Å². The summed E-state index contributed by atoms with van der Waals surface area (Å²) >= 11 is 0. The van der Waals surface area contributed by atoms with Crippen molar-refractivity contribution in [2.75, 3.05) is 7.11 Å². The lowest BCUT2D eigenvalue weighted by Gasteiger charge is -2.09. The molecule has 3 aromatic rings. The number of imidazole rings is 1. The number of carbonyl (C=O) groups is 1. The van der Waals surface area contributed by atoms with E-state index in [-0.39, 0.29) is 12.5 Å². The van der Waals surface area contributed by atoms with Crippen LogP contribution in [0.25, 0.3) is 11.0 Å². The Kier molecular flexibility index (Phi) is 4.20. The fraction of sp³-hybridized carbons (Fsp3) is 0.250. The van der Waals surface area contributed by atoms with E-state index in [9.17, 15) is 4.79 Å². The van der Waals surface area contributed by atoms with Gasteiger partial charge in [0.2, 0.25) is 5.91 Å². The summed E-state index contributed by atoms with van der Waals surface area (Å²) in [5, 5.41) is 2.84. The van der Waals surface area contributed by atoms with Crippen LogP contribution in [0.2, 0.25) is 0 Å². The third-order valence-corrected chi connectivity index (χ3v) is 3.35. The maximum atomic E-state index is 12.2. The normalized spacial score (nSPS) is 11.0. The molecule has 2 aromatic heterocycles. The van der Waals surface area contributed by atoms with Gasteiger partial charge in [0.15, 0.2) is 0 Å². The molecule has 0 atom stereocenters. The van der Waals surface area contributed by atoms with Crippen molar-refractivity contribution in [2.45, 2.75) is 19.7 Å². The SMILES string of the molecule is COCc1nc2ccccc2n1CC(=O)NCc1ccco1. The van der Waals surface area contributed by atoms with Gasteiger partial charge in [0.1, 0.15) is 24.7 Å². The van der Waals surface area contributed by atoms with E-state index < -0.39 is 0 Å². The monoisotopic (exact) mass is 299 g/mol. The van der Waals surface area contributed by atoms with Gasteiger partial charge < -0.3 is 19.0 Å². The van der Waals surface area contributed by atoms with Crippen LogP contribution in [0.3, 0.4) is 0 Å². The van der Waals surface area contributed by atoms with Crippen molar-refractivity contribution in [1.29, 1.82) is 0 Å². The summed E-state index contributed by atoms with van der Waals surface area (Å²) in [6.45, 7) is 0.929. The van der Waals surface area contributed by atoms with E-state index in [2.05, 4.69) is 10.3 Å². The summed E-state index contributed by atoms with van der Waals surface area (Å²) in [5.74, 6) is 1.36. The van der Waals surface area contributed by atoms with Gasteiger partial charge in [-0.25, -0.2) is 4.98 Å². The molecule has 114 valence electrons. The molecule has 0 fully saturated rings. The number of nitrogens with one attached hydrogen (secondary N) is 1. The number of amides is 1. The molecular formula is C16H17N3O3. The van der Waals surface area contributed by atoms with Crippen LogP contribution in [-0.4, -0.2) is 22.6 Å². The molecular weight excluding hydrogens is 282 g/mol. The van der Waals surface area contributed by atoms with Crippen molar-refractivity contribution in [3.05, 3.63) is 54.2 Å². The molecule has 0 aliphatic heterocycles. The molecule has 1 amide bonds. The summed E-state index contributed by atoms with van der Waals surface area (Å²) in [5.41, 5.74) is 1.77. The molecule has 6 heteroatoms. The Hall–Kier alpha value is -2.60. The second-order valence-electron chi connectivity index (χ2n) is 4.89. The Morgan fingerprint density at radius 3 is 2.95 bits per heavy atom. The Balaban J connectivity index is 1.76. The molecule has 0 aliphatic carbocycles. The molecule has 0 aliphatic rings. The standard InChI is InChI=1S/C16H17N3O3/c1-21-11-15-18-13-6-2-3-7-14(13)19(15)10-16(20)17-9-12-5-4-8-22-12/h2-8H,9-11H2,1H3,(H,17,20). The van der Waals surface area contributed by atoms with Crippen LogP contribution in [0.1, 0.15) is 11.6 Å². The number of nitrogens with zero attached hydrogens (tertiary/aromatic N) is 2. The van der Waals surface area contributed by atoms with Gasteiger partial charge in [0.05, 0.1) is 23.8 Å². The van der Waals surface area contributed by atoms with Gasteiger partial charge in [-0.3, -0.25) is 4.79 Å². The zero-order valence-electron chi connectivity index (χ0n) is 12.3. The molecule has 0 unspecified atom stereocenters. The van der Waals surface area contributed by atoms with E-state index in [1.807, 2.05) is 34.9 Å². The van der Waals surface area contributed by atoms with Gasteiger partial charge >= 0.3 is 0 Å². The first kappa shape index (κ1) is 14.3. The predicted octanol–water partition coefficient (Wildman–Crippen LogP) is 2.09. The highest BCUT2D eigenvalue weighted by molar-refractivity contribution is 5.81. The number of aromatic nitrogens is 2. The Morgan fingerprint density at radius 2 is 2.18 bits per heavy atom. The first-order chi connectivity index (χ1) is 10.8. The van der Waals surface area contributed by atoms with Gasteiger partial charge in [-0.05, 0) is 24.3 Å². The molecule has 0 bridgehead atoms. The third kappa shape index (κ3) is 3.01. The number of ether oxygens (including phenoxy) is 1. The molecule has 0 spiro atoms. The number of carbonyl (C=O) groups excluding carboxylic acids is 1. The fourth-order valence-electron chi connectivity index (χ4n) is 2.34. The van der Waals surface area contributed by atoms with Crippen LogP contribution in [0.15, 0.2) is 47.1 Å². The molecule has 22 heavy (non-hydrogen) atoms. The summed E-state index contributed by atoms with van der Waals surface area (Å²) in [4.78, 5) is 16.7. The Bertz CT molecular complexity index is 762. The molecule has 0 saturated heterocycles. The first-order valence-corrected chi connectivity index (χ1v) is 7.00. The lowest BCUT2D eigenvalue weighted by atomic mass is 10.3. The van der Waals surface area contributed by atoms with Crippen molar-refractivity contribution in [3.63, 3.8) is 0 Å². The lowest BCUT2D eigenvalue weighted by Crippen LogP contribution is -2.27. The highest BCUT2D eigenvalue weighted by Gasteiger charge is 2.13. The fourth-order valence-corrected chi connectivity index (χ4v) is 2.34. The minimum atomic E-state index is -0.100. The molecule has 0 radical (unpaired) electrons. The number of fused-ring (bicyclic) bond motifs is 1. The van der Waals surface area contributed by atoms with Crippen LogP contribution in [0.4, 0.5) is 0 Å². The Labute approximate surface area is 127 Å². The van der Waals surface area contributed by atoms with Crippen LogP contribution in [0, 0.1) is 0 Å². The predicted molar refractivity (Wildman–Crippen MR) is 81.0 cm³/mol. The van der Waals surface area contributed by atoms with Crippen molar-refractivity contribution in [3.8, 4) is 0 Å². The summed E-state index contributed by atoms with van der Waals surface area (Å²) in [6.07, 6.45) is 1.58. The zero-order chi connectivity index (χ0) is 15.4. The molecule has 6 nitrogen and oxygen atoms in total. The maximum Gasteiger partial charge on any atom is 0.240 e. The van der Waals surface area contributed by atoms with E-state index in [0.29, 0.717) is 13.2 Å². The van der Waals surface area contributed by atoms with E-state index in [1.165, 1.54) is 0 Å². The van der Waals surface area contributed by atoms with Gasteiger partial charge in [-0.15, -0.1) is 0 Å². The summed E-state index contributed by atoms with van der Waals surface area (Å²) in [7, 11) is 1.61. The number of methoxy groups -OCH3 is 1. The number of rotatable bonds is 6. The number of para-hydroxylation sites is 2. The second kappa shape index (κ2) is 6.44. The van der Waals surface area contributed by atoms with Crippen molar-refractivity contribution < 1.29 is 13.9 Å². The van der Waals surface area contributed by atoms with Crippen LogP contribution in [-0.2, 0) is 29.2 Å². The van der Waals surface area contributed by atoms with Gasteiger partial charge in [0, 0.05) is 7.11 Å². The second-order valence-corrected chi connectivity index (χ2v) is 4.89. The van der Waals surface area contributed by atoms with Gasteiger partial charge in [0.25, 0.3) is 0 Å². The smallest absolute Gasteiger partial charge is 0.240 e. The lowest BCUT2D eigenvalue weighted by molar-refractivity contribution is -0.121. The largest absolute Gasteiger partial charge is 0.467 e. The molecule has 1 N–H and O–H groups in total. The first-order valence-electron chi connectivity index (χ1n) is 7.00. The highest BCUT2D eigenvalue weighted by Crippen LogP contribution is 2.16. The summed E-state index contributed by atoms with van der Waals surface area (Å²) < 4.78 is 12.2. The minimum absolute atomic E-state index is 0.100. The molecule has 1 aromatic carbocycles. The molecule has 0 saturated carbocycles. The van der Waals surface area contributed by atoms with E-state index >= 15 is 0 Å². The topological polar surface area (TPSA) is 69.3 Å². The summed E-state index contributed by atoms with van der Waals surface area (Å²) in [6, 6.07) is 11.3. The molecule has 3 rings (SSSR count).